The highest BCUT2D eigenvalue weighted by Gasteiger charge is 2.21. The summed E-state index contributed by atoms with van der Waals surface area (Å²) in [6.45, 7) is 5.62. The van der Waals surface area contributed by atoms with Gasteiger partial charge in [0, 0.05) is 10.6 Å². The zero-order valence-corrected chi connectivity index (χ0v) is 18.8. The molecule has 0 spiro atoms. The number of benzene rings is 3. The lowest BCUT2D eigenvalue weighted by molar-refractivity contribution is 0.102. The van der Waals surface area contributed by atoms with Gasteiger partial charge in [0.1, 0.15) is 11.5 Å². The van der Waals surface area contributed by atoms with Crippen molar-refractivity contribution in [2.45, 2.75) is 20.8 Å². The molecule has 1 amide bonds. The molecular weight excluding hydrogens is 422 g/mol. The molecule has 0 saturated carbocycles. The zero-order valence-electron chi connectivity index (χ0n) is 18.0. The molecule has 1 aromatic heterocycles. The van der Waals surface area contributed by atoms with Gasteiger partial charge < -0.3 is 5.32 Å². The molecule has 1 heterocycles. The van der Waals surface area contributed by atoms with E-state index in [1.807, 2.05) is 50.2 Å². The molecule has 4 aromatic rings. The van der Waals surface area contributed by atoms with Crippen LogP contribution in [-0.2, 0) is 0 Å². The van der Waals surface area contributed by atoms with E-state index >= 15 is 0 Å². The summed E-state index contributed by atoms with van der Waals surface area (Å²) in [6, 6.07) is 21.9. The quantitative estimate of drug-likeness (QED) is 0.438. The molecule has 0 radical (unpaired) electrons. The van der Waals surface area contributed by atoms with Crippen molar-refractivity contribution >= 4 is 23.3 Å². The van der Waals surface area contributed by atoms with Crippen molar-refractivity contribution in [3.8, 4) is 16.8 Å². The Morgan fingerprint density at radius 2 is 1.41 bits per heavy atom. The average molecular weight is 444 g/mol. The van der Waals surface area contributed by atoms with Crippen molar-refractivity contribution in [3.63, 3.8) is 0 Å². The third kappa shape index (κ3) is 4.34. The lowest BCUT2D eigenvalue weighted by Gasteiger charge is -2.18. The third-order valence-corrected chi connectivity index (χ3v) is 5.46. The van der Waals surface area contributed by atoms with Gasteiger partial charge in [0.25, 0.3) is 5.91 Å². The van der Waals surface area contributed by atoms with Gasteiger partial charge in [-0.1, -0.05) is 59.1 Å². The molecule has 32 heavy (non-hydrogen) atoms. The number of hydrogen-bond donors (Lipinski definition) is 1. The van der Waals surface area contributed by atoms with Gasteiger partial charge in [0.05, 0.1) is 11.3 Å². The summed E-state index contributed by atoms with van der Waals surface area (Å²) < 4.78 is 1.60. The molecule has 4 rings (SSSR count). The largest absolute Gasteiger partial charge is 0.306 e. The molecule has 0 fully saturated rings. The number of carbonyl (C=O) groups is 1. The molecule has 0 unspecified atom stereocenters. The van der Waals surface area contributed by atoms with E-state index in [0.29, 0.717) is 33.2 Å². The first kappa shape index (κ1) is 21.5. The maximum atomic E-state index is 13.2. The molecule has 0 saturated heterocycles. The lowest BCUT2D eigenvalue weighted by atomic mass is 10.0. The van der Waals surface area contributed by atoms with E-state index in [9.17, 15) is 9.59 Å². The maximum Gasteiger partial charge on any atom is 0.256 e. The van der Waals surface area contributed by atoms with E-state index in [-0.39, 0.29) is 11.3 Å². The molecule has 0 aliphatic rings. The normalized spacial score (nSPS) is 10.8. The van der Waals surface area contributed by atoms with Crippen LogP contribution in [-0.4, -0.2) is 15.7 Å². The second-order valence-electron chi connectivity index (χ2n) is 7.71. The van der Waals surface area contributed by atoms with Crippen LogP contribution in [0, 0.1) is 20.8 Å². The highest BCUT2D eigenvalue weighted by molar-refractivity contribution is 6.30. The van der Waals surface area contributed by atoms with Gasteiger partial charge in [-0.2, -0.15) is 5.10 Å². The number of hydrogen-bond acceptors (Lipinski definition) is 3. The first-order valence-corrected chi connectivity index (χ1v) is 10.6. The molecule has 0 atom stereocenters. The monoisotopic (exact) mass is 443 g/mol. The number of halogens is 1. The standard InChI is InChI=1S/C26H22ClN3O2/c1-16-4-8-20(9-5-16)26(32)28-25-23(19-10-12-21(27)13-11-19)24(31)18(3)29-30(25)22-14-6-17(2)7-15-22/h4-15H,1-3H3,(H,28,32). The zero-order chi connectivity index (χ0) is 22.8. The summed E-state index contributed by atoms with van der Waals surface area (Å²) in [4.78, 5) is 26.3. The Balaban J connectivity index is 1.94. The molecule has 0 aliphatic heterocycles. The molecule has 3 aromatic carbocycles. The molecular formula is C26H22ClN3O2. The summed E-state index contributed by atoms with van der Waals surface area (Å²) in [5.74, 6) is -0.0246. The topological polar surface area (TPSA) is 64.0 Å². The Hall–Kier alpha value is -3.70. The van der Waals surface area contributed by atoms with Crippen molar-refractivity contribution in [2.75, 3.05) is 5.32 Å². The van der Waals surface area contributed by atoms with Crippen LogP contribution in [0.4, 0.5) is 5.82 Å². The summed E-state index contributed by atoms with van der Waals surface area (Å²) in [7, 11) is 0. The number of aromatic nitrogens is 2. The Kier molecular flexibility index (Phi) is 5.93. The van der Waals surface area contributed by atoms with Gasteiger partial charge >= 0.3 is 0 Å². The minimum atomic E-state index is -0.328. The lowest BCUT2D eigenvalue weighted by Crippen LogP contribution is -2.25. The molecule has 0 bridgehead atoms. The van der Waals surface area contributed by atoms with Crippen LogP contribution in [0.3, 0.4) is 0 Å². The van der Waals surface area contributed by atoms with Crippen LogP contribution in [0.25, 0.3) is 16.8 Å². The van der Waals surface area contributed by atoms with Crippen LogP contribution in [0.15, 0.2) is 77.6 Å². The van der Waals surface area contributed by atoms with E-state index in [1.54, 1.807) is 48.0 Å². The van der Waals surface area contributed by atoms with Gasteiger partial charge in [-0.3, -0.25) is 9.59 Å². The fourth-order valence-corrected chi connectivity index (χ4v) is 3.52. The first-order chi connectivity index (χ1) is 15.3. The highest BCUT2D eigenvalue weighted by Crippen LogP contribution is 2.28. The van der Waals surface area contributed by atoms with E-state index < -0.39 is 0 Å². The second-order valence-corrected chi connectivity index (χ2v) is 8.15. The number of anilines is 1. The molecule has 5 nitrogen and oxygen atoms in total. The van der Waals surface area contributed by atoms with E-state index in [4.69, 9.17) is 11.6 Å². The molecule has 6 heteroatoms. The van der Waals surface area contributed by atoms with Crippen LogP contribution in [0.2, 0.25) is 5.02 Å². The number of aryl methyl sites for hydroxylation is 3. The Labute approximate surface area is 191 Å². The second kappa shape index (κ2) is 8.81. The predicted molar refractivity (Wildman–Crippen MR) is 129 cm³/mol. The molecule has 160 valence electrons. The summed E-state index contributed by atoms with van der Waals surface area (Å²) in [5, 5.41) is 8.00. The smallest absolute Gasteiger partial charge is 0.256 e. The minimum absolute atomic E-state index is 0.255. The van der Waals surface area contributed by atoms with Gasteiger partial charge in [-0.25, -0.2) is 4.68 Å². The summed E-state index contributed by atoms with van der Waals surface area (Å²) in [5.41, 5.74) is 4.43. The third-order valence-electron chi connectivity index (χ3n) is 5.21. The Morgan fingerprint density at radius 1 is 0.844 bits per heavy atom. The van der Waals surface area contributed by atoms with Crippen molar-refractivity contribution in [2.24, 2.45) is 0 Å². The van der Waals surface area contributed by atoms with Gasteiger partial charge in [0.15, 0.2) is 0 Å². The SMILES string of the molecule is Cc1ccc(C(=O)Nc2c(-c3ccc(Cl)cc3)c(=O)c(C)nn2-c2ccc(C)cc2)cc1. The van der Waals surface area contributed by atoms with Crippen LogP contribution < -0.4 is 10.7 Å². The van der Waals surface area contributed by atoms with Crippen LogP contribution >= 0.6 is 11.6 Å². The summed E-state index contributed by atoms with van der Waals surface area (Å²) >= 11 is 6.06. The predicted octanol–water partition coefficient (Wildman–Crippen LogP) is 5.73. The fraction of sp³-hybridized carbons (Fsp3) is 0.115. The number of nitrogens with zero attached hydrogens (tertiary/aromatic N) is 2. The maximum absolute atomic E-state index is 13.2. The van der Waals surface area contributed by atoms with E-state index in [1.165, 1.54) is 0 Å². The van der Waals surface area contributed by atoms with Crippen molar-refractivity contribution < 1.29 is 4.79 Å². The van der Waals surface area contributed by atoms with Crippen LogP contribution in [0.5, 0.6) is 0 Å². The van der Waals surface area contributed by atoms with Gasteiger partial charge in [-0.05, 0) is 62.7 Å². The van der Waals surface area contributed by atoms with Crippen molar-refractivity contribution in [3.05, 3.63) is 110 Å². The van der Waals surface area contributed by atoms with Crippen molar-refractivity contribution in [1.29, 1.82) is 0 Å². The highest BCUT2D eigenvalue weighted by atomic mass is 35.5. The number of rotatable bonds is 4. The number of nitrogens with one attached hydrogen (secondary N) is 1. The van der Waals surface area contributed by atoms with E-state index in [0.717, 1.165) is 16.8 Å². The Bertz CT molecular complexity index is 1340. The number of amides is 1. The Morgan fingerprint density at radius 3 is 2.00 bits per heavy atom. The van der Waals surface area contributed by atoms with Crippen LogP contribution in [0.1, 0.15) is 27.2 Å². The van der Waals surface area contributed by atoms with Gasteiger partial charge in [0.2, 0.25) is 5.43 Å². The van der Waals surface area contributed by atoms with E-state index in [2.05, 4.69) is 10.4 Å². The number of carbonyl (C=O) groups excluding carboxylic acids is 1. The fourth-order valence-electron chi connectivity index (χ4n) is 3.40. The summed E-state index contributed by atoms with van der Waals surface area (Å²) in [6.07, 6.45) is 0. The average Bonchev–Trinajstić information content (AvgIpc) is 2.78. The first-order valence-electron chi connectivity index (χ1n) is 10.2. The molecule has 0 aliphatic carbocycles. The minimum Gasteiger partial charge on any atom is -0.306 e. The molecule has 1 N–H and O–H groups in total. The van der Waals surface area contributed by atoms with Gasteiger partial charge in [-0.15, -0.1) is 0 Å². The van der Waals surface area contributed by atoms with Crippen molar-refractivity contribution in [1.82, 2.24) is 9.78 Å².